The Labute approximate surface area is 102 Å². The Morgan fingerprint density at radius 2 is 1.94 bits per heavy atom. The number of aliphatic hydroxyl groups is 1. The molecule has 0 radical (unpaired) electrons. The molecule has 0 aliphatic carbocycles. The molecular weight excluding hydrogens is 216 g/mol. The average Bonchev–Trinajstić information content (AvgIpc) is 2.35. The third-order valence-corrected chi connectivity index (χ3v) is 3.43. The molecule has 0 heterocycles. The molecule has 0 aliphatic heterocycles. The second-order valence-corrected chi connectivity index (χ2v) is 4.51. The predicted molar refractivity (Wildman–Crippen MR) is 66.8 cm³/mol. The predicted octanol–water partition coefficient (Wildman–Crippen LogP) is 2.48. The zero-order chi connectivity index (χ0) is 12.9. The molecule has 0 bridgehead atoms. The fourth-order valence-corrected chi connectivity index (χ4v) is 1.98. The lowest BCUT2D eigenvalue weighted by molar-refractivity contribution is -0.165. The molecule has 3 nitrogen and oxygen atoms in total. The first kappa shape index (κ1) is 13.7. The number of aliphatic carboxylic acids is 1. The molecule has 2 atom stereocenters. The van der Waals surface area contributed by atoms with E-state index < -0.39 is 11.6 Å². The molecule has 0 fully saturated rings. The van der Waals surface area contributed by atoms with Crippen molar-refractivity contribution >= 4 is 5.97 Å². The van der Waals surface area contributed by atoms with Crippen molar-refractivity contribution in [2.24, 2.45) is 5.92 Å². The van der Waals surface area contributed by atoms with E-state index >= 15 is 0 Å². The van der Waals surface area contributed by atoms with Gasteiger partial charge in [-0.3, -0.25) is 0 Å². The first-order valence-corrected chi connectivity index (χ1v) is 6.00. The zero-order valence-corrected chi connectivity index (χ0v) is 10.4. The van der Waals surface area contributed by atoms with Crippen LogP contribution in [-0.2, 0) is 11.2 Å². The Morgan fingerprint density at radius 1 is 1.35 bits per heavy atom. The number of rotatable bonds is 6. The van der Waals surface area contributed by atoms with Crippen molar-refractivity contribution in [3.63, 3.8) is 0 Å². The maximum absolute atomic E-state index is 11.1. The molecule has 2 unspecified atom stereocenters. The van der Waals surface area contributed by atoms with Crippen LogP contribution in [0, 0.1) is 5.92 Å². The van der Waals surface area contributed by atoms with Gasteiger partial charge in [0.2, 0.25) is 0 Å². The van der Waals surface area contributed by atoms with E-state index in [0.29, 0.717) is 6.42 Å². The number of hydrogen-bond acceptors (Lipinski definition) is 2. The van der Waals surface area contributed by atoms with E-state index in [0.717, 1.165) is 6.42 Å². The standard InChI is InChI=1S/C14H20O3/c1-3-14(17,13(15)16)11(2)9-10-12-7-5-4-6-8-12/h4-8,11,17H,3,9-10H2,1-2H3,(H,15,16). The van der Waals surface area contributed by atoms with Gasteiger partial charge in [0.1, 0.15) is 0 Å². The lowest BCUT2D eigenvalue weighted by Gasteiger charge is -2.28. The molecule has 0 saturated heterocycles. The first-order valence-electron chi connectivity index (χ1n) is 6.00. The number of carbonyl (C=O) groups is 1. The van der Waals surface area contributed by atoms with Gasteiger partial charge in [0.15, 0.2) is 5.60 Å². The summed E-state index contributed by atoms with van der Waals surface area (Å²) in [6.07, 6.45) is 1.69. The third kappa shape index (κ3) is 3.30. The van der Waals surface area contributed by atoms with Gasteiger partial charge < -0.3 is 10.2 Å². The summed E-state index contributed by atoms with van der Waals surface area (Å²) < 4.78 is 0. The fourth-order valence-electron chi connectivity index (χ4n) is 1.98. The second-order valence-electron chi connectivity index (χ2n) is 4.51. The monoisotopic (exact) mass is 236 g/mol. The maximum atomic E-state index is 11.1. The number of carboxylic acids is 1. The average molecular weight is 236 g/mol. The van der Waals surface area contributed by atoms with Crippen molar-refractivity contribution in [1.29, 1.82) is 0 Å². The molecule has 0 aromatic heterocycles. The van der Waals surface area contributed by atoms with Crippen LogP contribution in [0.25, 0.3) is 0 Å². The maximum Gasteiger partial charge on any atom is 0.335 e. The summed E-state index contributed by atoms with van der Waals surface area (Å²) in [6, 6.07) is 9.90. The lowest BCUT2D eigenvalue weighted by atomic mass is 9.82. The van der Waals surface area contributed by atoms with Crippen LogP contribution in [0.2, 0.25) is 0 Å². The molecule has 17 heavy (non-hydrogen) atoms. The summed E-state index contributed by atoms with van der Waals surface area (Å²) in [7, 11) is 0. The van der Waals surface area contributed by atoms with E-state index in [9.17, 15) is 9.90 Å². The Balaban J connectivity index is 2.60. The van der Waals surface area contributed by atoms with Crippen LogP contribution >= 0.6 is 0 Å². The van der Waals surface area contributed by atoms with Crippen molar-refractivity contribution < 1.29 is 15.0 Å². The SMILES string of the molecule is CCC(O)(C(=O)O)C(C)CCc1ccccc1. The molecule has 0 amide bonds. The van der Waals surface area contributed by atoms with Crippen LogP contribution in [0.4, 0.5) is 0 Å². The number of carboxylic acid groups (broad SMARTS) is 1. The molecule has 0 saturated carbocycles. The van der Waals surface area contributed by atoms with Crippen molar-refractivity contribution in [2.75, 3.05) is 0 Å². The molecule has 0 aliphatic rings. The number of hydrogen-bond donors (Lipinski definition) is 2. The molecule has 1 aromatic carbocycles. The minimum Gasteiger partial charge on any atom is -0.479 e. The highest BCUT2D eigenvalue weighted by Crippen LogP contribution is 2.26. The normalized spacial score (nSPS) is 16.2. The van der Waals surface area contributed by atoms with E-state index in [1.165, 1.54) is 5.56 Å². The van der Waals surface area contributed by atoms with Crippen LogP contribution in [0.1, 0.15) is 32.3 Å². The highest BCUT2D eigenvalue weighted by atomic mass is 16.4. The Morgan fingerprint density at radius 3 is 2.41 bits per heavy atom. The topological polar surface area (TPSA) is 57.5 Å². The molecule has 2 N–H and O–H groups in total. The summed E-state index contributed by atoms with van der Waals surface area (Å²) in [6.45, 7) is 3.49. The molecule has 1 aromatic rings. The summed E-state index contributed by atoms with van der Waals surface area (Å²) in [4.78, 5) is 11.1. The third-order valence-electron chi connectivity index (χ3n) is 3.43. The Bertz CT molecular complexity index is 361. The van der Waals surface area contributed by atoms with Gasteiger partial charge in [-0.25, -0.2) is 4.79 Å². The lowest BCUT2D eigenvalue weighted by Crippen LogP contribution is -2.44. The van der Waals surface area contributed by atoms with Crippen molar-refractivity contribution in [2.45, 2.75) is 38.7 Å². The summed E-state index contributed by atoms with van der Waals surface area (Å²) in [5, 5.41) is 19.1. The van der Waals surface area contributed by atoms with E-state index in [1.54, 1.807) is 13.8 Å². The van der Waals surface area contributed by atoms with Gasteiger partial charge in [-0.2, -0.15) is 0 Å². The van der Waals surface area contributed by atoms with Gasteiger partial charge in [0, 0.05) is 0 Å². The minimum absolute atomic E-state index is 0.234. The summed E-state index contributed by atoms with van der Waals surface area (Å²) >= 11 is 0. The van der Waals surface area contributed by atoms with Gasteiger partial charge >= 0.3 is 5.97 Å². The van der Waals surface area contributed by atoms with Crippen LogP contribution < -0.4 is 0 Å². The Kier molecular flexibility index (Phi) is 4.70. The molecular formula is C14H20O3. The van der Waals surface area contributed by atoms with E-state index in [4.69, 9.17) is 5.11 Å². The highest BCUT2D eigenvalue weighted by molar-refractivity contribution is 5.77. The molecule has 3 heteroatoms. The number of aryl methyl sites for hydroxylation is 1. The number of benzene rings is 1. The van der Waals surface area contributed by atoms with Crippen LogP contribution in [-0.4, -0.2) is 21.8 Å². The molecule has 1 rings (SSSR count). The fraction of sp³-hybridized carbons (Fsp3) is 0.500. The highest BCUT2D eigenvalue weighted by Gasteiger charge is 2.39. The van der Waals surface area contributed by atoms with Gasteiger partial charge in [-0.05, 0) is 30.7 Å². The first-order chi connectivity index (χ1) is 8.00. The van der Waals surface area contributed by atoms with Crippen molar-refractivity contribution in [3.05, 3.63) is 35.9 Å². The molecule has 94 valence electrons. The van der Waals surface area contributed by atoms with Crippen LogP contribution in [0.15, 0.2) is 30.3 Å². The van der Waals surface area contributed by atoms with Gasteiger partial charge in [-0.1, -0.05) is 44.2 Å². The van der Waals surface area contributed by atoms with Gasteiger partial charge in [0.05, 0.1) is 0 Å². The second kappa shape index (κ2) is 5.82. The quantitative estimate of drug-likeness (QED) is 0.797. The van der Waals surface area contributed by atoms with Crippen LogP contribution in [0.5, 0.6) is 0 Å². The Hall–Kier alpha value is -1.35. The smallest absolute Gasteiger partial charge is 0.335 e. The van der Waals surface area contributed by atoms with Crippen LogP contribution in [0.3, 0.4) is 0 Å². The van der Waals surface area contributed by atoms with Crippen molar-refractivity contribution in [3.8, 4) is 0 Å². The van der Waals surface area contributed by atoms with Gasteiger partial charge in [0.25, 0.3) is 0 Å². The van der Waals surface area contributed by atoms with Crippen molar-refractivity contribution in [1.82, 2.24) is 0 Å². The van der Waals surface area contributed by atoms with E-state index in [1.807, 2.05) is 30.3 Å². The van der Waals surface area contributed by atoms with E-state index in [2.05, 4.69) is 0 Å². The minimum atomic E-state index is -1.60. The largest absolute Gasteiger partial charge is 0.479 e. The zero-order valence-electron chi connectivity index (χ0n) is 10.4. The van der Waals surface area contributed by atoms with E-state index in [-0.39, 0.29) is 12.3 Å². The summed E-state index contributed by atoms with van der Waals surface area (Å²) in [5.41, 5.74) is -0.433. The molecule has 0 spiro atoms. The van der Waals surface area contributed by atoms with Gasteiger partial charge in [-0.15, -0.1) is 0 Å². The summed E-state index contributed by atoms with van der Waals surface area (Å²) in [5.74, 6) is -1.38.